The first-order valence-corrected chi connectivity index (χ1v) is 6.82. The average Bonchev–Trinajstić information content (AvgIpc) is 2.83. The molecule has 0 aliphatic heterocycles. The number of amides is 2. The molecule has 2 amide bonds. The average molecular weight is 286 g/mol. The SMILES string of the molecule is CCc1ccc(CNC(=O)NCCOCC(=O)O)s1. The molecule has 1 rings (SSSR count). The summed E-state index contributed by atoms with van der Waals surface area (Å²) in [6, 6.07) is 3.77. The van der Waals surface area contributed by atoms with Crippen molar-refractivity contribution in [1.82, 2.24) is 10.6 Å². The molecule has 0 fully saturated rings. The van der Waals surface area contributed by atoms with Crippen LogP contribution in [-0.4, -0.2) is 36.9 Å². The second kappa shape index (κ2) is 8.49. The number of aliphatic carboxylic acids is 1. The molecule has 106 valence electrons. The molecular formula is C12H18N2O4S. The van der Waals surface area contributed by atoms with Gasteiger partial charge in [0.1, 0.15) is 6.61 Å². The molecule has 0 aliphatic carbocycles. The predicted octanol–water partition coefficient (Wildman–Crippen LogP) is 1.21. The summed E-state index contributed by atoms with van der Waals surface area (Å²) in [5.41, 5.74) is 0. The minimum absolute atomic E-state index is 0.179. The van der Waals surface area contributed by atoms with Crippen LogP contribution in [0.1, 0.15) is 16.7 Å². The zero-order valence-corrected chi connectivity index (χ0v) is 11.6. The van der Waals surface area contributed by atoms with Crippen molar-refractivity contribution in [3.8, 4) is 0 Å². The van der Waals surface area contributed by atoms with Crippen molar-refractivity contribution in [2.24, 2.45) is 0 Å². The fourth-order valence-electron chi connectivity index (χ4n) is 1.33. The van der Waals surface area contributed by atoms with Crippen LogP contribution in [0.4, 0.5) is 4.79 Å². The summed E-state index contributed by atoms with van der Waals surface area (Å²) >= 11 is 1.68. The number of aryl methyl sites for hydroxylation is 1. The Morgan fingerprint density at radius 2 is 2.05 bits per heavy atom. The molecule has 19 heavy (non-hydrogen) atoms. The third-order valence-electron chi connectivity index (χ3n) is 2.25. The number of ether oxygens (including phenoxy) is 1. The molecule has 0 bridgehead atoms. The summed E-state index contributed by atoms with van der Waals surface area (Å²) in [5, 5.41) is 13.6. The number of carboxylic acid groups (broad SMARTS) is 1. The van der Waals surface area contributed by atoms with Gasteiger partial charge in [0.05, 0.1) is 13.2 Å². The zero-order valence-electron chi connectivity index (χ0n) is 10.8. The van der Waals surface area contributed by atoms with Crippen LogP contribution >= 0.6 is 11.3 Å². The Labute approximate surface area is 115 Å². The lowest BCUT2D eigenvalue weighted by atomic mass is 10.4. The van der Waals surface area contributed by atoms with Gasteiger partial charge in [-0.15, -0.1) is 11.3 Å². The third kappa shape index (κ3) is 6.78. The molecule has 0 saturated carbocycles. The Bertz CT molecular complexity index is 420. The maximum Gasteiger partial charge on any atom is 0.329 e. The van der Waals surface area contributed by atoms with Crippen LogP contribution < -0.4 is 10.6 Å². The molecule has 1 aromatic rings. The number of thiophene rings is 1. The van der Waals surface area contributed by atoms with Crippen LogP contribution in [0.3, 0.4) is 0 Å². The van der Waals surface area contributed by atoms with Gasteiger partial charge in [0, 0.05) is 16.3 Å². The van der Waals surface area contributed by atoms with E-state index in [2.05, 4.69) is 23.6 Å². The van der Waals surface area contributed by atoms with Gasteiger partial charge in [-0.2, -0.15) is 0 Å². The van der Waals surface area contributed by atoms with Gasteiger partial charge in [0.2, 0.25) is 0 Å². The van der Waals surface area contributed by atoms with Gasteiger partial charge in [-0.3, -0.25) is 0 Å². The number of carbonyl (C=O) groups excluding carboxylic acids is 1. The fourth-order valence-corrected chi connectivity index (χ4v) is 2.23. The number of hydrogen-bond donors (Lipinski definition) is 3. The zero-order chi connectivity index (χ0) is 14.1. The van der Waals surface area contributed by atoms with E-state index in [4.69, 9.17) is 9.84 Å². The molecule has 1 heterocycles. The Morgan fingerprint density at radius 3 is 2.68 bits per heavy atom. The number of urea groups is 1. The van der Waals surface area contributed by atoms with E-state index in [0.717, 1.165) is 11.3 Å². The Kier molecular flexibility index (Phi) is 6.91. The van der Waals surface area contributed by atoms with Crippen molar-refractivity contribution in [2.75, 3.05) is 19.8 Å². The maximum absolute atomic E-state index is 11.4. The van der Waals surface area contributed by atoms with E-state index in [1.54, 1.807) is 11.3 Å². The van der Waals surface area contributed by atoms with Gasteiger partial charge in [-0.1, -0.05) is 6.92 Å². The number of rotatable bonds is 8. The molecule has 3 N–H and O–H groups in total. The Morgan fingerprint density at radius 1 is 1.32 bits per heavy atom. The topological polar surface area (TPSA) is 87.7 Å². The largest absolute Gasteiger partial charge is 0.480 e. The summed E-state index contributed by atoms with van der Waals surface area (Å²) in [5.74, 6) is -1.02. The Balaban J connectivity index is 2.09. The van der Waals surface area contributed by atoms with Crippen molar-refractivity contribution < 1.29 is 19.4 Å². The van der Waals surface area contributed by atoms with Crippen molar-refractivity contribution >= 4 is 23.3 Å². The summed E-state index contributed by atoms with van der Waals surface area (Å²) < 4.78 is 4.79. The first kappa shape index (κ1) is 15.5. The van der Waals surface area contributed by atoms with Gasteiger partial charge in [-0.25, -0.2) is 9.59 Å². The summed E-state index contributed by atoms with van der Waals surface area (Å²) in [6.45, 7) is 2.69. The molecule has 0 aliphatic rings. The minimum Gasteiger partial charge on any atom is -0.480 e. The lowest BCUT2D eigenvalue weighted by molar-refractivity contribution is -0.142. The molecule has 7 heteroatoms. The highest BCUT2D eigenvalue weighted by atomic mass is 32.1. The van der Waals surface area contributed by atoms with Gasteiger partial charge in [0.15, 0.2) is 0 Å². The highest BCUT2D eigenvalue weighted by Gasteiger charge is 2.02. The monoisotopic (exact) mass is 286 g/mol. The third-order valence-corrected chi connectivity index (χ3v) is 3.48. The highest BCUT2D eigenvalue weighted by Crippen LogP contribution is 2.16. The first-order valence-electron chi connectivity index (χ1n) is 6.00. The number of hydrogen-bond acceptors (Lipinski definition) is 4. The maximum atomic E-state index is 11.4. The smallest absolute Gasteiger partial charge is 0.329 e. The molecular weight excluding hydrogens is 268 g/mol. The normalized spacial score (nSPS) is 10.2. The van der Waals surface area contributed by atoms with Crippen molar-refractivity contribution in [3.05, 3.63) is 21.9 Å². The number of carbonyl (C=O) groups is 2. The predicted molar refractivity (Wildman–Crippen MR) is 72.4 cm³/mol. The molecule has 0 aromatic carbocycles. The summed E-state index contributed by atoms with van der Waals surface area (Å²) in [4.78, 5) is 24.0. The Hall–Kier alpha value is -1.60. The quantitative estimate of drug-likeness (QED) is 0.627. The molecule has 0 radical (unpaired) electrons. The van der Waals surface area contributed by atoms with E-state index in [-0.39, 0.29) is 25.8 Å². The van der Waals surface area contributed by atoms with Crippen molar-refractivity contribution in [3.63, 3.8) is 0 Å². The van der Waals surface area contributed by atoms with E-state index < -0.39 is 5.97 Å². The van der Waals surface area contributed by atoms with Gasteiger partial charge < -0.3 is 20.5 Å². The summed E-state index contributed by atoms with van der Waals surface area (Å²) in [7, 11) is 0. The van der Waals surface area contributed by atoms with Crippen LogP contribution in [0.5, 0.6) is 0 Å². The fraction of sp³-hybridized carbons (Fsp3) is 0.500. The van der Waals surface area contributed by atoms with Crippen LogP contribution in [0.2, 0.25) is 0 Å². The number of nitrogens with one attached hydrogen (secondary N) is 2. The van der Waals surface area contributed by atoms with E-state index in [9.17, 15) is 9.59 Å². The van der Waals surface area contributed by atoms with Crippen LogP contribution in [0.25, 0.3) is 0 Å². The lowest BCUT2D eigenvalue weighted by Gasteiger charge is -2.06. The standard InChI is InChI=1S/C12H18N2O4S/c1-2-9-3-4-10(19-9)7-14-12(17)13-5-6-18-8-11(15)16/h3-4H,2,5-8H2,1H3,(H,15,16)(H2,13,14,17). The van der Waals surface area contributed by atoms with Crippen LogP contribution in [0.15, 0.2) is 12.1 Å². The van der Waals surface area contributed by atoms with Gasteiger partial charge in [0.25, 0.3) is 0 Å². The van der Waals surface area contributed by atoms with E-state index in [0.29, 0.717) is 6.54 Å². The first-order chi connectivity index (χ1) is 9.11. The van der Waals surface area contributed by atoms with E-state index in [1.807, 2.05) is 6.07 Å². The lowest BCUT2D eigenvalue weighted by Crippen LogP contribution is -2.36. The van der Waals surface area contributed by atoms with Crippen molar-refractivity contribution in [1.29, 1.82) is 0 Å². The minimum atomic E-state index is -1.02. The molecule has 1 aromatic heterocycles. The second-order valence-electron chi connectivity index (χ2n) is 3.78. The molecule has 6 nitrogen and oxygen atoms in total. The molecule has 0 unspecified atom stereocenters. The molecule has 0 spiro atoms. The molecule has 0 saturated heterocycles. The van der Waals surface area contributed by atoms with Crippen LogP contribution in [0, 0.1) is 0 Å². The second-order valence-corrected chi connectivity index (χ2v) is 5.03. The highest BCUT2D eigenvalue weighted by molar-refractivity contribution is 7.11. The molecule has 0 atom stereocenters. The van der Waals surface area contributed by atoms with E-state index >= 15 is 0 Å². The van der Waals surface area contributed by atoms with E-state index in [1.165, 1.54) is 4.88 Å². The number of carboxylic acids is 1. The van der Waals surface area contributed by atoms with Crippen molar-refractivity contribution in [2.45, 2.75) is 19.9 Å². The van der Waals surface area contributed by atoms with Gasteiger partial charge in [-0.05, 0) is 18.6 Å². The van der Waals surface area contributed by atoms with Gasteiger partial charge >= 0.3 is 12.0 Å². The van der Waals surface area contributed by atoms with Crippen LogP contribution in [-0.2, 0) is 22.5 Å². The summed E-state index contributed by atoms with van der Waals surface area (Å²) in [6.07, 6.45) is 0.998.